The zero-order valence-corrected chi connectivity index (χ0v) is 23.4. The molecule has 15 heteroatoms. The van der Waals surface area contributed by atoms with Crippen LogP contribution >= 0.6 is 11.3 Å². The van der Waals surface area contributed by atoms with Crippen molar-refractivity contribution < 1.29 is 31.4 Å². The maximum absolute atomic E-state index is 12.5. The van der Waals surface area contributed by atoms with Gasteiger partial charge in [0.25, 0.3) is 0 Å². The van der Waals surface area contributed by atoms with E-state index in [2.05, 4.69) is 29.8 Å². The Balaban J connectivity index is 1.43. The minimum atomic E-state index is -4.35. The van der Waals surface area contributed by atoms with Gasteiger partial charge in [-0.25, -0.2) is 13.4 Å². The standard InChI is InChI=1S/C25H29F3N6O4S2/c1-16-14-19(30-23(29-16)38-12-8-25(26,27)28)22-32-31-21(39-22)18-3-2-17(33-40(36,37)13-11-35)15-20(18)34-9-6-24(4-5-24)7-10-34/h2-3,14-15,33,35H,4-13H2,1H3. The Hall–Kier alpha value is -3.04. The van der Waals surface area contributed by atoms with Gasteiger partial charge in [0, 0.05) is 30.0 Å². The van der Waals surface area contributed by atoms with Crippen LogP contribution in [0.15, 0.2) is 24.3 Å². The van der Waals surface area contributed by atoms with E-state index in [1.165, 1.54) is 24.2 Å². The molecule has 0 radical (unpaired) electrons. The number of piperidine rings is 1. The van der Waals surface area contributed by atoms with Crippen LogP contribution in [-0.4, -0.2) is 71.9 Å². The Kier molecular flexibility index (Phi) is 7.90. The Morgan fingerprint density at radius 2 is 1.82 bits per heavy atom. The molecule has 0 atom stereocenters. The van der Waals surface area contributed by atoms with E-state index in [-0.39, 0.29) is 6.01 Å². The molecule has 1 aromatic carbocycles. The highest BCUT2D eigenvalue weighted by Gasteiger charge is 2.44. The molecule has 1 aliphatic heterocycles. The molecule has 2 fully saturated rings. The number of halogens is 3. The van der Waals surface area contributed by atoms with Gasteiger partial charge in [0.15, 0.2) is 5.01 Å². The van der Waals surface area contributed by atoms with E-state index in [0.29, 0.717) is 32.5 Å². The number of aliphatic hydroxyl groups excluding tert-OH is 1. The van der Waals surface area contributed by atoms with Crippen molar-refractivity contribution in [3.8, 4) is 27.3 Å². The molecule has 40 heavy (non-hydrogen) atoms. The van der Waals surface area contributed by atoms with Gasteiger partial charge in [-0.1, -0.05) is 11.3 Å². The first-order valence-electron chi connectivity index (χ1n) is 12.8. The van der Waals surface area contributed by atoms with Crippen molar-refractivity contribution in [3.63, 3.8) is 0 Å². The van der Waals surface area contributed by atoms with Crippen LogP contribution < -0.4 is 14.4 Å². The lowest BCUT2D eigenvalue weighted by atomic mass is 9.93. The average molecular weight is 599 g/mol. The van der Waals surface area contributed by atoms with E-state index in [1.54, 1.807) is 31.2 Å². The highest BCUT2D eigenvalue weighted by molar-refractivity contribution is 7.92. The summed E-state index contributed by atoms with van der Waals surface area (Å²) in [6.07, 6.45) is -0.851. The van der Waals surface area contributed by atoms with Crippen LogP contribution in [0.3, 0.4) is 0 Å². The lowest BCUT2D eigenvalue weighted by molar-refractivity contribution is -0.139. The Morgan fingerprint density at radius 1 is 1.10 bits per heavy atom. The number of anilines is 2. The van der Waals surface area contributed by atoms with Gasteiger partial charge < -0.3 is 14.7 Å². The van der Waals surface area contributed by atoms with E-state index in [4.69, 9.17) is 9.84 Å². The molecule has 2 aromatic heterocycles. The average Bonchev–Trinajstić information content (AvgIpc) is 3.43. The summed E-state index contributed by atoms with van der Waals surface area (Å²) in [7, 11) is -3.71. The first-order chi connectivity index (χ1) is 18.9. The normalized spacial score (nSPS) is 16.8. The molecule has 0 unspecified atom stereocenters. The van der Waals surface area contributed by atoms with Crippen LogP contribution in [-0.2, 0) is 10.0 Å². The SMILES string of the molecule is Cc1cc(-c2nnc(-c3ccc(NS(=O)(=O)CCO)cc3N3CCC4(CC3)CC4)s2)nc(OCCC(F)(F)F)n1. The van der Waals surface area contributed by atoms with Gasteiger partial charge in [0.1, 0.15) is 17.3 Å². The second-order valence-electron chi connectivity index (χ2n) is 10.2. The van der Waals surface area contributed by atoms with Crippen molar-refractivity contribution >= 4 is 32.7 Å². The van der Waals surface area contributed by atoms with Crippen LogP contribution in [0.25, 0.3) is 21.3 Å². The van der Waals surface area contributed by atoms with Gasteiger partial charge in [-0.05, 0) is 62.3 Å². The second-order valence-corrected chi connectivity index (χ2v) is 13.0. The molecule has 2 aliphatic rings. The van der Waals surface area contributed by atoms with Gasteiger partial charge in [-0.15, -0.1) is 10.2 Å². The molecular weight excluding hydrogens is 569 g/mol. The second kappa shape index (κ2) is 11.1. The maximum Gasteiger partial charge on any atom is 0.392 e. The lowest BCUT2D eigenvalue weighted by Crippen LogP contribution is -2.34. The van der Waals surface area contributed by atoms with Crippen molar-refractivity contribution in [1.29, 1.82) is 0 Å². The molecule has 1 saturated heterocycles. The summed E-state index contributed by atoms with van der Waals surface area (Å²) in [5.74, 6) is -0.406. The highest BCUT2D eigenvalue weighted by atomic mass is 32.2. The number of nitrogens with one attached hydrogen (secondary N) is 1. The summed E-state index contributed by atoms with van der Waals surface area (Å²) in [4.78, 5) is 10.5. The lowest BCUT2D eigenvalue weighted by Gasteiger charge is -2.35. The van der Waals surface area contributed by atoms with E-state index >= 15 is 0 Å². The van der Waals surface area contributed by atoms with Crippen molar-refractivity contribution in [2.45, 2.75) is 45.2 Å². The minimum absolute atomic E-state index is 0.168. The van der Waals surface area contributed by atoms with E-state index in [1.807, 2.05) is 0 Å². The summed E-state index contributed by atoms with van der Waals surface area (Å²) in [5.41, 5.74) is 3.30. The number of sulfonamides is 1. The molecule has 2 N–H and O–H groups in total. The molecule has 1 saturated carbocycles. The third kappa shape index (κ3) is 6.99. The summed E-state index contributed by atoms with van der Waals surface area (Å²) in [5, 5.41) is 18.8. The zero-order valence-electron chi connectivity index (χ0n) is 21.7. The topological polar surface area (TPSA) is 130 Å². The van der Waals surface area contributed by atoms with Crippen LogP contribution in [0.5, 0.6) is 6.01 Å². The molecular formula is C25H29F3N6O4S2. The summed E-state index contributed by atoms with van der Waals surface area (Å²) in [6, 6.07) is 6.69. The number of rotatable bonds is 10. The fourth-order valence-electron chi connectivity index (χ4n) is 4.70. The molecule has 216 valence electrons. The molecule has 0 amide bonds. The number of nitrogens with zero attached hydrogens (tertiary/aromatic N) is 5. The molecule has 3 heterocycles. The monoisotopic (exact) mass is 598 g/mol. The van der Waals surface area contributed by atoms with Gasteiger partial charge in [0.2, 0.25) is 10.0 Å². The first kappa shape index (κ1) is 28.5. The Bertz CT molecular complexity index is 1470. The van der Waals surface area contributed by atoms with Crippen molar-refractivity contribution in [2.75, 3.05) is 41.7 Å². The highest BCUT2D eigenvalue weighted by Crippen LogP contribution is 2.54. The number of aromatic nitrogens is 4. The third-order valence-electron chi connectivity index (χ3n) is 7.08. The van der Waals surface area contributed by atoms with Gasteiger partial charge in [-0.2, -0.15) is 18.2 Å². The smallest absolute Gasteiger partial charge is 0.392 e. The van der Waals surface area contributed by atoms with E-state index in [9.17, 15) is 21.6 Å². The quantitative estimate of drug-likeness (QED) is 0.348. The zero-order chi connectivity index (χ0) is 28.5. The predicted molar refractivity (Wildman–Crippen MR) is 145 cm³/mol. The maximum atomic E-state index is 12.5. The van der Waals surface area contributed by atoms with Crippen LogP contribution in [0.2, 0.25) is 0 Å². The first-order valence-corrected chi connectivity index (χ1v) is 15.3. The molecule has 10 nitrogen and oxygen atoms in total. The number of hydrogen-bond donors (Lipinski definition) is 2. The van der Waals surface area contributed by atoms with Crippen molar-refractivity contribution in [3.05, 3.63) is 30.0 Å². The Morgan fingerprint density at radius 3 is 2.50 bits per heavy atom. The van der Waals surface area contributed by atoms with Crippen LogP contribution in [0.1, 0.15) is 37.8 Å². The number of alkyl halides is 3. The van der Waals surface area contributed by atoms with Gasteiger partial charge >= 0.3 is 12.2 Å². The largest absolute Gasteiger partial charge is 0.463 e. The third-order valence-corrected chi connectivity index (χ3v) is 9.32. The Labute approximate surface area is 233 Å². The molecule has 3 aromatic rings. The van der Waals surface area contributed by atoms with Crippen LogP contribution in [0.4, 0.5) is 24.5 Å². The van der Waals surface area contributed by atoms with Crippen molar-refractivity contribution in [1.82, 2.24) is 20.2 Å². The predicted octanol–water partition coefficient (Wildman–Crippen LogP) is 4.42. The van der Waals surface area contributed by atoms with Gasteiger partial charge in [0.05, 0.1) is 24.5 Å². The summed E-state index contributed by atoms with van der Waals surface area (Å²) < 4.78 is 69.8. The number of hydrogen-bond acceptors (Lipinski definition) is 10. The van der Waals surface area contributed by atoms with E-state index in [0.717, 1.165) is 37.2 Å². The molecule has 0 bridgehead atoms. The molecule has 1 aliphatic carbocycles. The number of aryl methyl sites for hydroxylation is 1. The molecule has 1 spiro atoms. The number of aliphatic hydroxyl groups is 1. The van der Waals surface area contributed by atoms with Crippen molar-refractivity contribution in [2.24, 2.45) is 5.41 Å². The summed E-state index contributed by atoms with van der Waals surface area (Å²) in [6.45, 7) is 2.26. The van der Waals surface area contributed by atoms with E-state index < -0.39 is 41.6 Å². The summed E-state index contributed by atoms with van der Waals surface area (Å²) >= 11 is 1.26. The minimum Gasteiger partial charge on any atom is -0.463 e. The van der Waals surface area contributed by atoms with Crippen LogP contribution in [0, 0.1) is 12.3 Å². The fourth-order valence-corrected chi connectivity index (χ4v) is 6.36. The number of ether oxygens (including phenoxy) is 1. The number of benzene rings is 1. The molecule has 5 rings (SSSR count). The fraction of sp³-hybridized carbons (Fsp3) is 0.520. The van der Waals surface area contributed by atoms with Gasteiger partial charge in [-0.3, -0.25) is 4.72 Å².